The fourth-order valence-electron chi connectivity index (χ4n) is 3.72. The number of aryl methyl sites for hydroxylation is 2. The Morgan fingerprint density at radius 3 is 2.71 bits per heavy atom. The summed E-state index contributed by atoms with van der Waals surface area (Å²) in [6.07, 6.45) is 6.00. The monoisotopic (exact) mass is 251 g/mol. The average Bonchev–Trinajstić information content (AvgIpc) is 2.95. The fraction of sp³-hybridized carbons (Fsp3) is 0.786. The Kier molecular flexibility index (Phi) is 2.99. The molecular formula is C14H21NOS. The number of thiazole rings is 1. The molecule has 0 spiro atoms. The first kappa shape index (κ1) is 11.7. The number of hydrogen-bond acceptors (Lipinski definition) is 3. The van der Waals surface area contributed by atoms with E-state index in [1.165, 1.54) is 30.6 Å². The summed E-state index contributed by atoms with van der Waals surface area (Å²) in [5, 5.41) is 11.5. The minimum atomic E-state index is -0.157. The first-order valence-corrected chi connectivity index (χ1v) is 7.56. The summed E-state index contributed by atoms with van der Waals surface area (Å²) >= 11 is 1.75. The Morgan fingerprint density at radius 1 is 1.35 bits per heavy atom. The van der Waals surface area contributed by atoms with Crippen molar-refractivity contribution in [3.63, 3.8) is 0 Å². The van der Waals surface area contributed by atoms with Crippen LogP contribution >= 0.6 is 11.3 Å². The van der Waals surface area contributed by atoms with Crippen molar-refractivity contribution in [1.82, 2.24) is 4.98 Å². The van der Waals surface area contributed by atoms with Gasteiger partial charge < -0.3 is 5.11 Å². The predicted octanol–water partition coefficient (Wildman–Crippen LogP) is 3.10. The molecule has 4 unspecified atom stereocenters. The zero-order chi connectivity index (χ0) is 12.0. The molecular weight excluding hydrogens is 230 g/mol. The van der Waals surface area contributed by atoms with Gasteiger partial charge in [0.05, 0.1) is 16.8 Å². The van der Waals surface area contributed by atoms with Crippen LogP contribution in [0.1, 0.15) is 41.3 Å². The summed E-state index contributed by atoms with van der Waals surface area (Å²) < 4.78 is 0. The van der Waals surface area contributed by atoms with Crippen molar-refractivity contribution in [3.05, 3.63) is 15.6 Å². The summed E-state index contributed by atoms with van der Waals surface area (Å²) in [6.45, 7) is 4.17. The van der Waals surface area contributed by atoms with E-state index in [4.69, 9.17) is 0 Å². The smallest absolute Gasteiger partial charge is 0.0956 e. The van der Waals surface area contributed by atoms with Crippen LogP contribution in [0.25, 0.3) is 0 Å². The molecule has 0 aliphatic heterocycles. The second-order valence-electron chi connectivity index (χ2n) is 5.86. The number of aliphatic hydroxyl groups excluding tert-OH is 1. The van der Waals surface area contributed by atoms with Crippen LogP contribution in [0.3, 0.4) is 0 Å². The van der Waals surface area contributed by atoms with Gasteiger partial charge in [0, 0.05) is 11.3 Å². The van der Waals surface area contributed by atoms with Crippen molar-refractivity contribution in [2.75, 3.05) is 0 Å². The third-order valence-electron chi connectivity index (χ3n) is 4.74. The average molecular weight is 251 g/mol. The summed E-state index contributed by atoms with van der Waals surface area (Å²) in [6, 6.07) is 0. The number of rotatable bonds is 3. The first-order valence-electron chi connectivity index (χ1n) is 6.74. The molecule has 3 rings (SSSR count). The van der Waals surface area contributed by atoms with E-state index in [1.54, 1.807) is 11.3 Å². The lowest BCUT2D eigenvalue weighted by Gasteiger charge is -2.26. The quantitative estimate of drug-likeness (QED) is 0.895. The van der Waals surface area contributed by atoms with Crippen LogP contribution < -0.4 is 0 Å². The zero-order valence-electron chi connectivity index (χ0n) is 10.6. The van der Waals surface area contributed by atoms with Crippen LogP contribution in [0.4, 0.5) is 0 Å². The number of fused-ring (bicyclic) bond motifs is 2. The second-order valence-corrected chi connectivity index (χ2v) is 7.15. The second kappa shape index (κ2) is 4.36. The molecule has 1 heterocycles. The maximum Gasteiger partial charge on any atom is 0.0956 e. The summed E-state index contributed by atoms with van der Waals surface area (Å²) in [5.41, 5.74) is 1.13. The Morgan fingerprint density at radius 2 is 2.18 bits per heavy atom. The number of nitrogens with zero attached hydrogens (tertiary/aromatic N) is 1. The number of hydrogen-bond donors (Lipinski definition) is 1. The van der Waals surface area contributed by atoms with Gasteiger partial charge in [-0.15, -0.1) is 11.3 Å². The van der Waals surface area contributed by atoms with E-state index in [9.17, 15) is 5.11 Å². The van der Waals surface area contributed by atoms with E-state index >= 15 is 0 Å². The van der Waals surface area contributed by atoms with Gasteiger partial charge in [-0.05, 0) is 50.9 Å². The van der Waals surface area contributed by atoms with Gasteiger partial charge in [0.1, 0.15) is 0 Å². The highest BCUT2D eigenvalue weighted by Crippen LogP contribution is 2.49. The third kappa shape index (κ3) is 2.15. The number of aliphatic hydroxyl groups is 1. The molecule has 17 heavy (non-hydrogen) atoms. The lowest BCUT2D eigenvalue weighted by molar-refractivity contribution is 0.0750. The van der Waals surface area contributed by atoms with Crippen molar-refractivity contribution in [2.45, 2.75) is 52.1 Å². The maximum absolute atomic E-state index is 10.4. The molecule has 0 aromatic carbocycles. The molecule has 3 heteroatoms. The number of aromatic nitrogens is 1. The molecule has 2 aliphatic rings. The lowest BCUT2D eigenvalue weighted by atomic mass is 9.84. The predicted molar refractivity (Wildman–Crippen MR) is 70.2 cm³/mol. The van der Waals surface area contributed by atoms with Crippen molar-refractivity contribution >= 4 is 11.3 Å². The molecule has 1 aromatic heterocycles. The van der Waals surface area contributed by atoms with Crippen LogP contribution in [-0.2, 0) is 6.42 Å². The largest absolute Gasteiger partial charge is 0.392 e. The summed E-state index contributed by atoms with van der Waals surface area (Å²) in [5.74, 6) is 2.27. The Balaban J connectivity index is 1.65. The molecule has 0 amide bonds. The van der Waals surface area contributed by atoms with Gasteiger partial charge in [0.25, 0.3) is 0 Å². The third-order valence-corrected chi connectivity index (χ3v) is 5.84. The minimum absolute atomic E-state index is 0.157. The van der Waals surface area contributed by atoms with Crippen LogP contribution in [0.15, 0.2) is 0 Å². The Labute approximate surface area is 107 Å². The van der Waals surface area contributed by atoms with Crippen LogP contribution in [0.2, 0.25) is 0 Å². The van der Waals surface area contributed by atoms with Gasteiger partial charge in [-0.2, -0.15) is 0 Å². The van der Waals surface area contributed by atoms with Crippen LogP contribution in [-0.4, -0.2) is 16.2 Å². The van der Waals surface area contributed by atoms with Gasteiger partial charge >= 0.3 is 0 Å². The molecule has 1 aromatic rings. The molecule has 2 aliphatic carbocycles. The Hall–Kier alpha value is -0.410. The molecule has 2 bridgehead atoms. The van der Waals surface area contributed by atoms with E-state index in [0.717, 1.165) is 29.0 Å². The zero-order valence-corrected chi connectivity index (χ0v) is 11.5. The van der Waals surface area contributed by atoms with Gasteiger partial charge in [-0.3, -0.25) is 0 Å². The summed E-state index contributed by atoms with van der Waals surface area (Å²) in [7, 11) is 0. The van der Waals surface area contributed by atoms with Crippen molar-refractivity contribution in [2.24, 2.45) is 17.8 Å². The highest BCUT2D eigenvalue weighted by molar-refractivity contribution is 7.11. The Bertz CT molecular complexity index is 395. The van der Waals surface area contributed by atoms with Gasteiger partial charge in [-0.25, -0.2) is 4.98 Å². The van der Waals surface area contributed by atoms with Crippen LogP contribution in [0, 0.1) is 31.6 Å². The normalized spacial score (nSPS) is 33.2. The van der Waals surface area contributed by atoms with Crippen molar-refractivity contribution in [1.29, 1.82) is 0 Å². The minimum Gasteiger partial charge on any atom is -0.392 e. The molecule has 0 radical (unpaired) electrons. The van der Waals surface area contributed by atoms with E-state index in [1.807, 2.05) is 0 Å². The fourth-order valence-corrected chi connectivity index (χ4v) is 4.71. The van der Waals surface area contributed by atoms with E-state index in [0.29, 0.717) is 5.92 Å². The highest BCUT2D eigenvalue weighted by atomic mass is 32.1. The lowest BCUT2D eigenvalue weighted by Crippen LogP contribution is -2.27. The van der Waals surface area contributed by atoms with Gasteiger partial charge in [0.2, 0.25) is 0 Å². The summed E-state index contributed by atoms with van der Waals surface area (Å²) in [4.78, 5) is 5.83. The first-order chi connectivity index (χ1) is 8.13. The molecule has 2 fully saturated rings. The van der Waals surface area contributed by atoms with Crippen LogP contribution in [0.5, 0.6) is 0 Å². The molecule has 4 atom stereocenters. The van der Waals surface area contributed by atoms with Gasteiger partial charge in [0.15, 0.2) is 0 Å². The topological polar surface area (TPSA) is 33.1 Å². The molecule has 2 saturated carbocycles. The standard InChI is InChI=1S/C14H21NOS/c1-8-9(2)17-14(15-8)7-13(16)12-6-10-3-4-11(12)5-10/h10-13,16H,3-7H2,1-2H3. The van der Waals surface area contributed by atoms with Crippen molar-refractivity contribution < 1.29 is 5.11 Å². The van der Waals surface area contributed by atoms with E-state index < -0.39 is 0 Å². The SMILES string of the molecule is Cc1nc(CC(O)C2CC3CCC2C3)sc1C. The highest BCUT2D eigenvalue weighted by Gasteiger charge is 2.42. The molecule has 0 saturated heterocycles. The van der Waals surface area contributed by atoms with E-state index in [-0.39, 0.29) is 6.10 Å². The molecule has 2 nitrogen and oxygen atoms in total. The molecule has 94 valence electrons. The maximum atomic E-state index is 10.4. The molecule has 1 N–H and O–H groups in total. The van der Waals surface area contributed by atoms with Crippen molar-refractivity contribution in [3.8, 4) is 0 Å². The van der Waals surface area contributed by atoms with Gasteiger partial charge in [-0.1, -0.05) is 6.42 Å². The van der Waals surface area contributed by atoms with E-state index in [2.05, 4.69) is 18.8 Å².